The van der Waals surface area contributed by atoms with E-state index in [1.165, 1.54) is 24.5 Å². The average Bonchev–Trinajstić information content (AvgIpc) is 3.30. The van der Waals surface area contributed by atoms with Crippen molar-refractivity contribution < 1.29 is 9.18 Å². The molecule has 39 heavy (non-hydrogen) atoms. The Labute approximate surface area is 224 Å². The van der Waals surface area contributed by atoms with Gasteiger partial charge in [-0.05, 0) is 62.1 Å². The number of anilines is 3. The van der Waals surface area contributed by atoms with Crippen LogP contribution in [-0.2, 0) is 11.3 Å². The number of benzene rings is 3. The van der Waals surface area contributed by atoms with Crippen molar-refractivity contribution in [2.45, 2.75) is 6.54 Å². The number of carbonyl (C=O) groups is 1. The van der Waals surface area contributed by atoms with Gasteiger partial charge in [0.2, 0.25) is 5.91 Å². The Morgan fingerprint density at radius 2 is 2.03 bits per heavy atom. The molecule has 0 radical (unpaired) electrons. The van der Waals surface area contributed by atoms with Crippen molar-refractivity contribution in [2.75, 3.05) is 31.3 Å². The second-order valence-corrected chi connectivity index (χ2v) is 9.23. The van der Waals surface area contributed by atoms with Gasteiger partial charge in [0.15, 0.2) is 0 Å². The fourth-order valence-electron chi connectivity index (χ4n) is 4.18. The zero-order valence-corrected chi connectivity index (χ0v) is 21.4. The predicted molar refractivity (Wildman–Crippen MR) is 149 cm³/mol. The van der Waals surface area contributed by atoms with Gasteiger partial charge < -0.3 is 15.5 Å². The van der Waals surface area contributed by atoms with Gasteiger partial charge in [-0.15, -0.1) is 0 Å². The van der Waals surface area contributed by atoms with Crippen LogP contribution < -0.4 is 10.6 Å². The number of carbonyl (C=O) groups excluding carboxylic acids is 1. The third-order valence-electron chi connectivity index (χ3n) is 6.02. The Kier molecular flexibility index (Phi) is 7.25. The van der Waals surface area contributed by atoms with Crippen molar-refractivity contribution in [1.29, 1.82) is 5.26 Å². The molecule has 5 aromatic rings. The van der Waals surface area contributed by atoms with Crippen molar-refractivity contribution in [3.05, 3.63) is 96.2 Å². The van der Waals surface area contributed by atoms with Gasteiger partial charge in [-0.25, -0.2) is 14.4 Å². The maximum atomic E-state index is 13.6. The highest BCUT2D eigenvalue weighted by molar-refractivity contribution is 6.03. The lowest BCUT2D eigenvalue weighted by Gasteiger charge is -2.12. The number of likely N-dealkylation sites (N-methyl/N-ethyl adjacent to an activating group) is 1. The Morgan fingerprint density at radius 1 is 1.15 bits per heavy atom. The highest BCUT2D eigenvalue weighted by atomic mass is 19.1. The number of hydrogen-bond acceptors (Lipinski definition) is 7. The van der Waals surface area contributed by atoms with E-state index in [1.54, 1.807) is 30.5 Å². The molecule has 0 aliphatic carbocycles. The number of nitrogens with zero attached hydrogens (tertiary/aromatic N) is 6. The number of fused-ring (bicyclic) bond motifs is 2. The largest absolute Gasteiger partial charge is 0.340 e. The number of rotatable bonds is 8. The van der Waals surface area contributed by atoms with E-state index in [4.69, 9.17) is 0 Å². The van der Waals surface area contributed by atoms with Crippen molar-refractivity contribution in [2.24, 2.45) is 0 Å². The number of hydrogen-bond donors (Lipinski definition) is 2. The van der Waals surface area contributed by atoms with Crippen LogP contribution in [0.5, 0.6) is 0 Å². The average molecular weight is 521 g/mol. The van der Waals surface area contributed by atoms with E-state index in [0.717, 1.165) is 22.2 Å². The molecular formula is C29H25FN8O. The van der Waals surface area contributed by atoms with Gasteiger partial charge in [0.25, 0.3) is 0 Å². The lowest BCUT2D eigenvalue weighted by Crippen LogP contribution is -2.13. The smallest absolute Gasteiger partial charge is 0.248 e. The number of halogens is 1. The van der Waals surface area contributed by atoms with Gasteiger partial charge in [-0.2, -0.15) is 10.4 Å². The molecule has 0 atom stereocenters. The summed E-state index contributed by atoms with van der Waals surface area (Å²) in [5, 5.41) is 21.8. The van der Waals surface area contributed by atoms with Crippen LogP contribution in [0.4, 0.5) is 21.6 Å². The summed E-state index contributed by atoms with van der Waals surface area (Å²) >= 11 is 0. The second kappa shape index (κ2) is 11.1. The molecule has 2 aromatic heterocycles. The third kappa shape index (κ3) is 5.89. The molecule has 5 rings (SSSR count). The maximum absolute atomic E-state index is 13.6. The van der Waals surface area contributed by atoms with Gasteiger partial charge in [0.05, 0.1) is 35.0 Å². The normalized spacial score (nSPS) is 11.4. The first kappa shape index (κ1) is 25.5. The molecule has 9 nitrogen and oxygen atoms in total. The summed E-state index contributed by atoms with van der Waals surface area (Å²) in [4.78, 5) is 23.1. The summed E-state index contributed by atoms with van der Waals surface area (Å²) in [7, 11) is 3.81. The number of amides is 1. The minimum Gasteiger partial charge on any atom is -0.340 e. The van der Waals surface area contributed by atoms with Crippen molar-refractivity contribution in [1.82, 2.24) is 24.6 Å². The Balaban J connectivity index is 1.41. The van der Waals surface area contributed by atoms with Crippen LogP contribution in [0.3, 0.4) is 0 Å². The fourth-order valence-corrected chi connectivity index (χ4v) is 4.18. The highest BCUT2D eigenvalue weighted by Gasteiger charge is 2.13. The molecule has 2 N–H and O–H groups in total. The zero-order valence-electron chi connectivity index (χ0n) is 21.4. The highest BCUT2D eigenvalue weighted by Crippen LogP contribution is 2.29. The molecule has 0 aliphatic heterocycles. The maximum Gasteiger partial charge on any atom is 0.248 e. The second-order valence-electron chi connectivity index (χ2n) is 9.23. The van der Waals surface area contributed by atoms with E-state index >= 15 is 0 Å². The van der Waals surface area contributed by atoms with Crippen LogP contribution in [0.1, 0.15) is 11.1 Å². The Bertz CT molecular complexity index is 1750. The minimum absolute atomic E-state index is 0.280. The molecule has 0 saturated carbocycles. The molecule has 0 bridgehead atoms. The van der Waals surface area contributed by atoms with Crippen LogP contribution in [0, 0.1) is 17.1 Å². The number of nitrogens with one attached hydrogen (secondary N) is 2. The summed E-state index contributed by atoms with van der Waals surface area (Å²) in [5.74, 6) is -0.0904. The molecular weight excluding hydrogens is 495 g/mol. The molecule has 194 valence electrons. The van der Waals surface area contributed by atoms with Crippen molar-refractivity contribution >= 4 is 44.9 Å². The van der Waals surface area contributed by atoms with E-state index in [2.05, 4.69) is 31.8 Å². The molecule has 0 unspecified atom stereocenters. The molecule has 0 aliphatic rings. The van der Waals surface area contributed by atoms with Crippen LogP contribution in [-0.4, -0.2) is 51.2 Å². The number of nitriles is 1. The quantitative estimate of drug-likeness (QED) is 0.282. The first-order valence-corrected chi connectivity index (χ1v) is 12.2. The monoisotopic (exact) mass is 520 g/mol. The SMILES string of the molecule is CN(C)CC=CC(=O)Nc1cc2c(Nc3ccc4c(cnn4Cc4cccc(F)c4)c3)ncnc2cc1C#N. The lowest BCUT2D eigenvalue weighted by molar-refractivity contribution is -0.111. The van der Waals surface area contributed by atoms with E-state index < -0.39 is 0 Å². The lowest BCUT2D eigenvalue weighted by atomic mass is 10.1. The van der Waals surface area contributed by atoms with E-state index in [9.17, 15) is 14.4 Å². The summed E-state index contributed by atoms with van der Waals surface area (Å²) in [6.07, 6.45) is 6.36. The molecule has 3 aromatic carbocycles. The van der Waals surface area contributed by atoms with E-state index in [-0.39, 0.29) is 11.7 Å². The van der Waals surface area contributed by atoms with Crippen LogP contribution in [0.25, 0.3) is 21.8 Å². The molecule has 1 amide bonds. The van der Waals surface area contributed by atoms with Crippen LogP contribution >= 0.6 is 0 Å². The van der Waals surface area contributed by atoms with Crippen molar-refractivity contribution in [3.8, 4) is 6.07 Å². The van der Waals surface area contributed by atoms with Gasteiger partial charge in [0.1, 0.15) is 24.0 Å². The standard InChI is InChI=1S/C29H25FN8O/c1-37(2)10-4-7-28(39)36-25-14-24-26(13-20(25)15-31)32-18-33-29(24)35-23-8-9-27-21(12-23)16-34-38(27)17-19-5-3-6-22(30)11-19/h3-9,11-14,16,18H,10,17H2,1-2H3,(H,36,39)(H,32,33,35). The molecule has 0 saturated heterocycles. The van der Waals surface area contributed by atoms with E-state index in [1.807, 2.05) is 47.9 Å². The third-order valence-corrected chi connectivity index (χ3v) is 6.02. The molecule has 10 heteroatoms. The fraction of sp³-hybridized carbons (Fsp3) is 0.138. The Hall–Kier alpha value is -5.14. The zero-order chi connectivity index (χ0) is 27.4. The molecule has 2 heterocycles. The van der Waals surface area contributed by atoms with Gasteiger partial charge in [-0.1, -0.05) is 18.2 Å². The summed E-state index contributed by atoms with van der Waals surface area (Å²) in [5.41, 5.74) is 3.74. The Morgan fingerprint density at radius 3 is 2.82 bits per heavy atom. The van der Waals surface area contributed by atoms with Crippen molar-refractivity contribution in [3.63, 3.8) is 0 Å². The predicted octanol–water partition coefficient (Wildman–Crippen LogP) is 4.84. The summed E-state index contributed by atoms with van der Waals surface area (Å²) < 4.78 is 15.4. The first-order chi connectivity index (χ1) is 18.9. The molecule has 0 spiro atoms. The summed E-state index contributed by atoms with van der Waals surface area (Å²) in [6, 6.07) is 17.7. The minimum atomic E-state index is -0.334. The number of aromatic nitrogens is 4. The van der Waals surface area contributed by atoms with Crippen LogP contribution in [0.15, 0.2) is 79.3 Å². The van der Waals surface area contributed by atoms with Gasteiger partial charge >= 0.3 is 0 Å². The first-order valence-electron chi connectivity index (χ1n) is 12.2. The summed E-state index contributed by atoms with van der Waals surface area (Å²) in [6.45, 7) is 1.07. The van der Waals surface area contributed by atoms with Crippen LogP contribution in [0.2, 0.25) is 0 Å². The van der Waals surface area contributed by atoms with E-state index in [0.29, 0.717) is 41.1 Å². The van der Waals surface area contributed by atoms with Gasteiger partial charge in [-0.3, -0.25) is 9.48 Å². The van der Waals surface area contributed by atoms with Gasteiger partial charge in [0, 0.05) is 29.1 Å². The molecule has 0 fully saturated rings. The topological polar surface area (TPSA) is 112 Å².